The van der Waals surface area contributed by atoms with Crippen molar-refractivity contribution in [3.05, 3.63) is 40.1 Å². The van der Waals surface area contributed by atoms with Crippen molar-refractivity contribution in [1.82, 2.24) is 15.0 Å². The molecule has 3 aromatic rings. The number of thiazole rings is 1. The zero-order valence-corrected chi connectivity index (χ0v) is 11.4. The molecule has 0 saturated carbocycles. The third kappa shape index (κ3) is 2.44. The van der Waals surface area contributed by atoms with E-state index in [9.17, 15) is 4.39 Å². The summed E-state index contributed by atoms with van der Waals surface area (Å²) in [6.45, 7) is 4.05. The number of aromatic nitrogens is 3. The molecule has 6 heteroatoms. The second kappa shape index (κ2) is 4.62. The van der Waals surface area contributed by atoms with Crippen molar-refractivity contribution in [2.45, 2.75) is 19.9 Å². The van der Waals surface area contributed by atoms with E-state index < -0.39 is 0 Å². The topological polar surface area (TPSA) is 53.6 Å². The molecule has 2 N–H and O–H groups in total. The van der Waals surface area contributed by atoms with Gasteiger partial charge in [0.2, 0.25) is 5.95 Å². The van der Waals surface area contributed by atoms with E-state index in [2.05, 4.69) is 20.3 Å². The van der Waals surface area contributed by atoms with Crippen molar-refractivity contribution in [1.29, 1.82) is 0 Å². The number of H-pyrrole nitrogens is 1. The van der Waals surface area contributed by atoms with Crippen LogP contribution in [0.5, 0.6) is 0 Å². The van der Waals surface area contributed by atoms with E-state index in [1.807, 2.05) is 20.0 Å². The number of aromatic amines is 1. The third-order valence-corrected chi connectivity index (χ3v) is 3.90. The summed E-state index contributed by atoms with van der Waals surface area (Å²) in [7, 11) is 0. The molecule has 4 nitrogen and oxygen atoms in total. The van der Waals surface area contributed by atoms with Gasteiger partial charge in [-0.2, -0.15) is 0 Å². The van der Waals surface area contributed by atoms with Crippen molar-refractivity contribution in [3.63, 3.8) is 0 Å². The summed E-state index contributed by atoms with van der Waals surface area (Å²) in [5.41, 5.74) is 1.43. The summed E-state index contributed by atoms with van der Waals surface area (Å²) in [5, 5.41) is 4.24. The zero-order chi connectivity index (χ0) is 13.4. The van der Waals surface area contributed by atoms with Gasteiger partial charge in [0.05, 0.1) is 17.1 Å². The molecule has 2 heterocycles. The predicted octanol–water partition coefficient (Wildman–Crippen LogP) is 3.64. The SMILES string of the molecule is Cc1cnc(C(C)Nc2nc3ccc(F)cc3[nH]2)s1. The summed E-state index contributed by atoms with van der Waals surface area (Å²) in [6, 6.07) is 4.56. The Balaban J connectivity index is 1.85. The van der Waals surface area contributed by atoms with Crippen LogP contribution >= 0.6 is 11.3 Å². The van der Waals surface area contributed by atoms with Crippen LogP contribution in [0.4, 0.5) is 10.3 Å². The van der Waals surface area contributed by atoms with Gasteiger partial charge in [-0.15, -0.1) is 11.3 Å². The molecule has 1 aromatic carbocycles. The van der Waals surface area contributed by atoms with E-state index in [0.29, 0.717) is 11.5 Å². The lowest BCUT2D eigenvalue weighted by atomic mass is 10.3. The number of imidazole rings is 1. The minimum atomic E-state index is -0.272. The summed E-state index contributed by atoms with van der Waals surface area (Å²) in [5.74, 6) is 0.354. The fourth-order valence-electron chi connectivity index (χ4n) is 1.89. The first kappa shape index (κ1) is 12.1. The highest BCUT2D eigenvalue weighted by molar-refractivity contribution is 7.11. The van der Waals surface area contributed by atoms with Crippen LogP contribution in [0.15, 0.2) is 24.4 Å². The Kier molecular flexibility index (Phi) is 2.94. The second-order valence-electron chi connectivity index (χ2n) is 4.42. The Morgan fingerprint density at radius 3 is 3.00 bits per heavy atom. The minimum absolute atomic E-state index is 0.0594. The molecule has 0 aliphatic heterocycles. The molecule has 0 aliphatic carbocycles. The van der Waals surface area contributed by atoms with Gasteiger partial charge in [0, 0.05) is 11.1 Å². The van der Waals surface area contributed by atoms with Crippen molar-refractivity contribution in [2.75, 3.05) is 5.32 Å². The summed E-state index contributed by atoms with van der Waals surface area (Å²) in [6.07, 6.45) is 1.85. The number of aryl methyl sites for hydroxylation is 1. The van der Waals surface area contributed by atoms with Gasteiger partial charge >= 0.3 is 0 Å². The first-order valence-electron chi connectivity index (χ1n) is 5.96. The molecule has 0 fully saturated rings. The van der Waals surface area contributed by atoms with Crippen LogP contribution in [0.3, 0.4) is 0 Å². The quantitative estimate of drug-likeness (QED) is 0.768. The molecule has 3 rings (SSSR count). The first-order chi connectivity index (χ1) is 9.11. The van der Waals surface area contributed by atoms with Crippen LogP contribution in [-0.2, 0) is 0 Å². The standard InChI is InChI=1S/C13H13FN4S/c1-7-6-15-12(19-7)8(2)16-13-17-10-4-3-9(14)5-11(10)18-13/h3-6,8H,1-2H3,(H2,16,17,18). The lowest BCUT2D eigenvalue weighted by Crippen LogP contribution is -2.07. The van der Waals surface area contributed by atoms with Gasteiger partial charge in [-0.3, -0.25) is 0 Å². The average molecular weight is 276 g/mol. The Morgan fingerprint density at radius 1 is 1.42 bits per heavy atom. The molecule has 1 unspecified atom stereocenters. The maximum Gasteiger partial charge on any atom is 0.201 e. The molecule has 0 aliphatic rings. The molecular formula is C13H13FN4S. The molecule has 0 amide bonds. The Bertz CT molecular complexity index is 718. The lowest BCUT2D eigenvalue weighted by molar-refractivity contribution is 0.629. The first-order valence-corrected chi connectivity index (χ1v) is 6.77. The van der Waals surface area contributed by atoms with Gasteiger partial charge in [-0.05, 0) is 32.0 Å². The van der Waals surface area contributed by atoms with Gasteiger partial charge in [-0.25, -0.2) is 14.4 Å². The normalized spacial score (nSPS) is 12.8. The number of fused-ring (bicyclic) bond motifs is 1. The molecule has 0 bridgehead atoms. The van der Waals surface area contributed by atoms with Crippen LogP contribution in [0.25, 0.3) is 11.0 Å². The molecule has 0 spiro atoms. The number of halogens is 1. The highest BCUT2D eigenvalue weighted by Gasteiger charge is 2.11. The highest BCUT2D eigenvalue weighted by Crippen LogP contribution is 2.23. The van der Waals surface area contributed by atoms with Gasteiger partial charge in [0.15, 0.2) is 0 Å². The van der Waals surface area contributed by atoms with E-state index in [4.69, 9.17) is 0 Å². The Labute approximate surface area is 113 Å². The smallest absolute Gasteiger partial charge is 0.201 e. The third-order valence-electron chi connectivity index (χ3n) is 2.81. The van der Waals surface area contributed by atoms with E-state index >= 15 is 0 Å². The van der Waals surface area contributed by atoms with Crippen LogP contribution in [0.1, 0.15) is 22.9 Å². The van der Waals surface area contributed by atoms with Gasteiger partial charge in [0.25, 0.3) is 0 Å². The summed E-state index contributed by atoms with van der Waals surface area (Å²) in [4.78, 5) is 12.9. The van der Waals surface area contributed by atoms with Crippen molar-refractivity contribution < 1.29 is 4.39 Å². The van der Waals surface area contributed by atoms with Crippen LogP contribution in [0, 0.1) is 12.7 Å². The van der Waals surface area contributed by atoms with E-state index in [1.54, 1.807) is 17.4 Å². The fourth-order valence-corrected chi connectivity index (χ4v) is 2.67. The molecule has 19 heavy (non-hydrogen) atoms. The number of benzene rings is 1. The highest BCUT2D eigenvalue weighted by atomic mass is 32.1. The number of nitrogens with one attached hydrogen (secondary N) is 2. The van der Waals surface area contributed by atoms with E-state index in [0.717, 1.165) is 10.5 Å². The van der Waals surface area contributed by atoms with E-state index in [-0.39, 0.29) is 11.9 Å². The van der Waals surface area contributed by atoms with E-state index in [1.165, 1.54) is 17.0 Å². The van der Waals surface area contributed by atoms with Crippen molar-refractivity contribution in [3.8, 4) is 0 Å². The maximum atomic E-state index is 13.1. The van der Waals surface area contributed by atoms with Gasteiger partial charge in [-0.1, -0.05) is 0 Å². The fraction of sp³-hybridized carbons (Fsp3) is 0.231. The van der Waals surface area contributed by atoms with Crippen molar-refractivity contribution >= 4 is 28.3 Å². The summed E-state index contributed by atoms with van der Waals surface area (Å²) >= 11 is 1.65. The number of nitrogens with zero attached hydrogens (tertiary/aromatic N) is 2. The largest absolute Gasteiger partial charge is 0.347 e. The number of hydrogen-bond donors (Lipinski definition) is 2. The molecule has 0 radical (unpaired) electrons. The molecule has 98 valence electrons. The second-order valence-corrected chi connectivity index (χ2v) is 5.69. The van der Waals surface area contributed by atoms with Crippen LogP contribution < -0.4 is 5.32 Å². The average Bonchev–Trinajstić information content (AvgIpc) is 2.94. The van der Waals surface area contributed by atoms with Crippen molar-refractivity contribution in [2.24, 2.45) is 0 Å². The number of hydrogen-bond acceptors (Lipinski definition) is 4. The van der Waals surface area contributed by atoms with Crippen LogP contribution in [0.2, 0.25) is 0 Å². The molecule has 1 atom stereocenters. The lowest BCUT2D eigenvalue weighted by Gasteiger charge is -2.09. The zero-order valence-electron chi connectivity index (χ0n) is 10.6. The molecular weight excluding hydrogens is 263 g/mol. The van der Waals surface area contributed by atoms with Crippen LogP contribution in [-0.4, -0.2) is 15.0 Å². The number of anilines is 1. The molecule has 2 aromatic heterocycles. The van der Waals surface area contributed by atoms with Gasteiger partial charge in [0.1, 0.15) is 10.8 Å². The monoisotopic (exact) mass is 276 g/mol. The Hall–Kier alpha value is -1.95. The summed E-state index contributed by atoms with van der Waals surface area (Å²) < 4.78 is 13.1. The number of rotatable bonds is 3. The predicted molar refractivity (Wildman–Crippen MR) is 74.9 cm³/mol. The van der Waals surface area contributed by atoms with Gasteiger partial charge < -0.3 is 10.3 Å². The maximum absolute atomic E-state index is 13.1. The minimum Gasteiger partial charge on any atom is -0.347 e. The molecule has 0 saturated heterocycles. The Morgan fingerprint density at radius 2 is 2.26 bits per heavy atom.